The highest BCUT2D eigenvalue weighted by molar-refractivity contribution is 5.92. The van der Waals surface area contributed by atoms with Gasteiger partial charge in [-0.25, -0.2) is 10.8 Å². The molecule has 0 aliphatic carbocycles. The van der Waals surface area contributed by atoms with Gasteiger partial charge in [-0.15, -0.1) is 0 Å². The molecule has 0 saturated carbocycles. The monoisotopic (exact) mass is 316 g/mol. The molecule has 1 aromatic heterocycles. The fourth-order valence-electron chi connectivity index (χ4n) is 2.00. The molecule has 7 heteroatoms. The van der Waals surface area contributed by atoms with Gasteiger partial charge in [0.15, 0.2) is 0 Å². The van der Waals surface area contributed by atoms with Gasteiger partial charge in [-0.1, -0.05) is 0 Å². The number of nitrogens with two attached hydrogens (primary N) is 1. The van der Waals surface area contributed by atoms with E-state index in [1.54, 1.807) is 12.3 Å². The number of nitrogen functional groups attached to an aromatic ring is 1. The summed E-state index contributed by atoms with van der Waals surface area (Å²) in [6.45, 7) is 6.34. The molecule has 0 unspecified atom stereocenters. The van der Waals surface area contributed by atoms with E-state index in [1.807, 2.05) is 38.3 Å². The molecule has 1 amide bonds. The van der Waals surface area contributed by atoms with E-state index in [4.69, 9.17) is 15.3 Å². The van der Waals surface area contributed by atoms with Crippen molar-refractivity contribution in [1.82, 2.24) is 15.4 Å². The third-order valence-corrected chi connectivity index (χ3v) is 2.90. The number of hydrogen-bond donors (Lipinski definition) is 2. The number of amides is 1. The number of carbonyl (C=O) groups excluding carboxylic acids is 1. The molecule has 0 radical (unpaired) electrons. The van der Waals surface area contributed by atoms with Crippen LogP contribution in [0.5, 0.6) is 11.5 Å². The molecule has 1 heterocycles. The summed E-state index contributed by atoms with van der Waals surface area (Å²) >= 11 is 0. The molecular weight excluding hydrogens is 296 g/mol. The zero-order valence-corrected chi connectivity index (χ0v) is 13.4. The molecule has 0 bridgehead atoms. The maximum atomic E-state index is 11.6. The van der Waals surface area contributed by atoms with E-state index in [-0.39, 0.29) is 11.8 Å². The Balaban J connectivity index is 2.46. The van der Waals surface area contributed by atoms with Crippen LogP contribution in [0.4, 0.5) is 0 Å². The average molecular weight is 316 g/mol. The largest absolute Gasteiger partial charge is 0.494 e. The highest BCUT2D eigenvalue weighted by Crippen LogP contribution is 2.33. The summed E-state index contributed by atoms with van der Waals surface area (Å²) < 4.78 is 11.3. The third kappa shape index (κ3) is 4.17. The van der Waals surface area contributed by atoms with Crippen LogP contribution in [0.2, 0.25) is 0 Å². The minimum atomic E-state index is -0.503. The first-order valence-corrected chi connectivity index (χ1v) is 7.32. The number of benzene rings is 1. The summed E-state index contributed by atoms with van der Waals surface area (Å²) in [5, 5.41) is 0. The minimum Gasteiger partial charge on any atom is -0.494 e. The van der Waals surface area contributed by atoms with E-state index >= 15 is 0 Å². The van der Waals surface area contributed by atoms with Crippen LogP contribution in [0, 0.1) is 0 Å². The fraction of sp³-hybridized carbons (Fsp3) is 0.312. The molecule has 7 nitrogen and oxygen atoms in total. The predicted octanol–water partition coefficient (Wildman–Crippen LogP) is 1.93. The Hall–Kier alpha value is -2.67. The van der Waals surface area contributed by atoms with Crippen LogP contribution >= 0.6 is 0 Å². The predicted molar refractivity (Wildman–Crippen MR) is 86.1 cm³/mol. The van der Waals surface area contributed by atoms with Crippen LogP contribution in [0.3, 0.4) is 0 Å². The lowest BCUT2D eigenvalue weighted by atomic mass is 10.1. The van der Waals surface area contributed by atoms with Gasteiger partial charge >= 0.3 is 0 Å². The molecule has 0 aliphatic heterocycles. The molecular formula is C16H20N4O3. The second-order valence-electron chi connectivity index (χ2n) is 5.02. The van der Waals surface area contributed by atoms with Gasteiger partial charge in [0.25, 0.3) is 5.91 Å². The zero-order valence-electron chi connectivity index (χ0n) is 13.4. The maximum absolute atomic E-state index is 11.6. The summed E-state index contributed by atoms with van der Waals surface area (Å²) in [5.41, 5.74) is 3.42. The fourth-order valence-corrected chi connectivity index (χ4v) is 2.00. The molecule has 3 N–H and O–H groups in total. The Morgan fingerprint density at radius 2 is 2.13 bits per heavy atom. The second-order valence-corrected chi connectivity index (χ2v) is 5.02. The first-order valence-electron chi connectivity index (χ1n) is 7.32. The van der Waals surface area contributed by atoms with Crippen molar-refractivity contribution in [2.75, 3.05) is 6.61 Å². The van der Waals surface area contributed by atoms with Crippen molar-refractivity contribution in [2.45, 2.75) is 26.9 Å². The summed E-state index contributed by atoms with van der Waals surface area (Å²) in [6.07, 6.45) is 2.90. The molecule has 0 aliphatic rings. The summed E-state index contributed by atoms with van der Waals surface area (Å²) in [7, 11) is 0. The molecule has 2 rings (SSSR count). The molecule has 0 saturated heterocycles. The molecule has 122 valence electrons. The zero-order chi connectivity index (χ0) is 16.8. The highest BCUT2D eigenvalue weighted by Gasteiger charge is 2.14. The lowest BCUT2D eigenvalue weighted by Crippen LogP contribution is -2.30. The van der Waals surface area contributed by atoms with Crippen LogP contribution in [0.25, 0.3) is 11.3 Å². The Labute approximate surface area is 134 Å². The van der Waals surface area contributed by atoms with E-state index in [1.165, 1.54) is 6.20 Å². The van der Waals surface area contributed by atoms with Crippen LogP contribution in [-0.2, 0) is 0 Å². The van der Waals surface area contributed by atoms with Gasteiger partial charge in [0.2, 0.25) is 0 Å². The number of nitrogens with one attached hydrogen (secondary N) is 1. The number of rotatable bonds is 6. The lowest BCUT2D eigenvalue weighted by Gasteiger charge is -2.15. The lowest BCUT2D eigenvalue weighted by molar-refractivity contribution is 0.0948. The van der Waals surface area contributed by atoms with Gasteiger partial charge in [-0.3, -0.25) is 15.2 Å². The van der Waals surface area contributed by atoms with Gasteiger partial charge in [0, 0.05) is 11.6 Å². The van der Waals surface area contributed by atoms with Crippen molar-refractivity contribution in [3.05, 3.63) is 36.3 Å². The van der Waals surface area contributed by atoms with Crippen molar-refractivity contribution in [3.8, 4) is 22.8 Å². The van der Waals surface area contributed by atoms with Crippen LogP contribution in [0.1, 0.15) is 31.3 Å². The van der Waals surface area contributed by atoms with E-state index in [0.717, 1.165) is 5.56 Å². The Morgan fingerprint density at radius 1 is 1.35 bits per heavy atom. The smallest absolute Gasteiger partial charge is 0.285 e. The normalized spacial score (nSPS) is 10.5. The van der Waals surface area contributed by atoms with Gasteiger partial charge < -0.3 is 9.47 Å². The summed E-state index contributed by atoms with van der Waals surface area (Å²) in [6, 6.07) is 5.45. The SMILES string of the molecule is CCOc1ccc(-c2cncc(C(=O)NN)n2)c(OC(C)C)c1. The molecule has 2 aromatic rings. The molecule has 1 aromatic carbocycles. The number of ether oxygens (including phenoxy) is 2. The molecule has 0 atom stereocenters. The van der Waals surface area contributed by atoms with E-state index < -0.39 is 5.91 Å². The van der Waals surface area contributed by atoms with Crippen LogP contribution in [-0.4, -0.2) is 28.6 Å². The number of aromatic nitrogens is 2. The van der Waals surface area contributed by atoms with Crippen LogP contribution < -0.4 is 20.7 Å². The number of hydrazine groups is 1. The van der Waals surface area contributed by atoms with Crippen LogP contribution in [0.15, 0.2) is 30.6 Å². The number of hydrogen-bond acceptors (Lipinski definition) is 6. The van der Waals surface area contributed by atoms with Gasteiger partial charge in [-0.2, -0.15) is 0 Å². The van der Waals surface area contributed by atoms with Gasteiger partial charge in [0.1, 0.15) is 17.2 Å². The van der Waals surface area contributed by atoms with Crippen molar-refractivity contribution in [1.29, 1.82) is 0 Å². The quantitative estimate of drug-likeness (QED) is 0.480. The number of carbonyl (C=O) groups is 1. The first-order chi connectivity index (χ1) is 11.0. The van der Waals surface area contributed by atoms with Crippen molar-refractivity contribution < 1.29 is 14.3 Å². The highest BCUT2D eigenvalue weighted by atomic mass is 16.5. The minimum absolute atomic E-state index is 0.0193. The van der Waals surface area contributed by atoms with E-state index in [0.29, 0.717) is 23.8 Å². The topological polar surface area (TPSA) is 99.4 Å². The van der Waals surface area contributed by atoms with E-state index in [9.17, 15) is 4.79 Å². The standard InChI is InChI=1S/C16H20N4O3/c1-4-22-11-5-6-12(15(7-11)23-10(2)3)13-8-18-9-14(19-13)16(21)20-17/h5-10H,4,17H2,1-3H3,(H,20,21). The van der Waals surface area contributed by atoms with E-state index in [2.05, 4.69) is 9.97 Å². The summed E-state index contributed by atoms with van der Waals surface area (Å²) in [5.74, 6) is 5.95. The van der Waals surface area contributed by atoms with Gasteiger partial charge in [-0.05, 0) is 32.9 Å². The molecule has 0 fully saturated rings. The second kappa shape index (κ2) is 7.55. The Kier molecular flexibility index (Phi) is 5.48. The van der Waals surface area contributed by atoms with Crippen molar-refractivity contribution in [3.63, 3.8) is 0 Å². The van der Waals surface area contributed by atoms with Crippen molar-refractivity contribution >= 4 is 5.91 Å². The third-order valence-electron chi connectivity index (χ3n) is 2.90. The Morgan fingerprint density at radius 3 is 2.78 bits per heavy atom. The van der Waals surface area contributed by atoms with Crippen molar-refractivity contribution in [2.24, 2.45) is 5.84 Å². The van der Waals surface area contributed by atoms with Gasteiger partial charge in [0.05, 0.1) is 30.8 Å². The molecule has 23 heavy (non-hydrogen) atoms. The Bertz CT molecular complexity index is 689. The summed E-state index contributed by atoms with van der Waals surface area (Å²) in [4.78, 5) is 19.9. The maximum Gasteiger partial charge on any atom is 0.285 e. The average Bonchev–Trinajstić information content (AvgIpc) is 2.54. The first kappa shape index (κ1) is 16.7. The molecule has 0 spiro atoms. The number of nitrogens with zero attached hydrogens (tertiary/aromatic N) is 2.